The molecule has 0 atom stereocenters. The van der Waals surface area contributed by atoms with Crippen LogP contribution in [0, 0.1) is 5.92 Å². The number of hydrogen-bond acceptors (Lipinski definition) is 3. The van der Waals surface area contributed by atoms with Crippen molar-refractivity contribution < 1.29 is 0 Å². The van der Waals surface area contributed by atoms with Crippen molar-refractivity contribution in [3.05, 3.63) is 17.3 Å². The molecule has 3 nitrogen and oxygen atoms in total. The summed E-state index contributed by atoms with van der Waals surface area (Å²) in [5, 5.41) is 3.68. The molecule has 0 saturated carbocycles. The number of nitrogens with zero attached hydrogens (tertiary/aromatic N) is 1. The van der Waals surface area contributed by atoms with Gasteiger partial charge < -0.3 is 11.1 Å². The number of nitrogens with two attached hydrogens (primary N) is 1. The Morgan fingerprint density at radius 2 is 2.12 bits per heavy atom. The molecule has 90 valence electrons. The monoisotopic (exact) mass is 241 g/mol. The molecule has 0 aliphatic rings. The second-order valence-corrected chi connectivity index (χ2v) is 4.78. The largest absolute Gasteiger partial charge is 0.396 e. The van der Waals surface area contributed by atoms with Crippen molar-refractivity contribution in [3.8, 4) is 0 Å². The smallest absolute Gasteiger partial charge is 0.150 e. The Balaban J connectivity index is 2.29. The van der Waals surface area contributed by atoms with Gasteiger partial charge in [0.25, 0.3) is 0 Å². The minimum Gasteiger partial charge on any atom is -0.396 e. The average Bonchev–Trinajstić information content (AvgIpc) is 2.22. The lowest BCUT2D eigenvalue weighted by atomic mass is 10.1. The molecule has 1 heterocycles. The Morgan fingerprint density at radius 1 is 1.38 bits per heavy atom. The van der Waals surface area contributed by atoms with Crippen molar-refractivity contribution in [1.82, 2.24) is 4.98 Å². The molecule has 1 aromatic heterocycles. The molecule has 16 heavy (non-hydrogen) atoms. The van der Waals surface area contributed by atoms with E-state index >= 15 is 0 Å². The zero-order valence-corrected chi connectivity index (χ0v) is 10.7. The van der Waals surface area contributed by atoms with E-state index in [1.807, 2.05) is 0 Å². The van der Waals surface area contributed by atoms with Crippen molar-refractivity contribution in [2.24, 2.45) is 5.92 Å². The Hall–Kier alpha value is -0.960. The summed E-state index contributed by atoms with van der Waals surface area (Å²) in [4.78, 5) is 4.13. The Morgan fingerprint density at radius 3 is 2.81 bits per heavy atom. The highest BCUT2D eigenvalue weighted by Gasteiger charge is 2.01. The second-order valence-electron chi connectivity index (χ2n) is 4.39. The number of anilines is 2. The van der Waals surface area contributed by atoms with E-state index in [2.05, 4.69) is 24.1 Å². The summed E-state index contributed by atoms with van der Waals surface area (Å²) >= 11 is 5.79. The van der Waals surface area contributed by atoms with Gasteiger partial charge in [-0.25, -0.2) is 4.98 Å². The number of nitrogen functional groups attached to an aromatic ring is 1. The van der Waals surface area contributed by atoms with Crippen LogP contribution >= 0.6 is 11.6 Å². The highest BCUT2D eigenvalue weighted by molar-refractivity contribution is 6.29. The highest BCUT2D eigenvalue weighted by atomic mass is 35.5. The first-order valence-corrected chi connectivity index (χ1v) is 6.13. The van der Waals surface area contributed by atoms with Crippen molar-refractivity contribution in [2.45, 2.75) is 33.1 Å². The summed E-state index contributed by atoms with van der Waals surface area (Å²) in [5.74, 6) is 1.46. The standard InChI is InChI=1S/C12H20ClN3/c1-9(2)5-3-4-8-15-12-10(14)6-7-11(13)16-12/h6-7,9H,3-5,8,14H2,1-2H3,(H,15,16). The van der Waals surface area contributed by atoms with E-state index in [0.717, 1.165) is 18.9 Å². The molecule has 0 amide bonds. The molecule has 0 radical (unpaired) electrons. The van der Waals surface area contributed by atoms with Crippen LogP contribution in [0.25, 0.3) is 0 Å². The van der Waals surface area contributed by atoms with Gasteiger partial charge in [-0.05, 0) is 24.5 Å². The highest BCUT2D eigenvalue weighted by Crippen LogP contribution is 2.18. The fraction of sp³-hybridized carbons (Fsp3) is 0.583. The molecule has 0 aliphatic carbocycles. The maximum atomic E-state index is 5.79. The predicted octanol–water partition coefficient (Wildman–Crippen LogP) is 3.56. The number of pyridine rings is 1. The van der Waals surface area contributed by atoms with Gasteiger partial charge in [-0.1, -0.05) is 38.3 Å². The van der Waals surface area contributed by atoms with E-state index in [4.69, 9.17) is 17.3 Å². The quantitative estimate of drug-likeness (QED) is 0.592. The number of halogens is 1. The molecular formula is C12H20ClN3. The number of unbranched alkanes of at least 4 members (excludes halogenated alkanes) is 1. The van der Waals surface area contributed by atoms with Gasteiger partial charge in [-0.15, -0.1) is 0 Å². The SMILES string of the molecule is CC(C)CCCCNc1nc(Cl)ccc1N. The number of rotatable bonds is 6. The fourth-order valence-corrected chi connectivity index (χ4v) is 1.62. The van der Waals surface area contributed by atoms with E-state index in [9.17, 15) is 0 Å². The van der Waals surface area contributed by atoms with Gasteiger partial charge in [-0.2, -0.15) is 0 Å². The van der Waals surface area contributed by atoms with Crippen molar-refractivity contribution >= 4 is 23.1 Å². The molecule has 0 saturated heterocycles. The predicted molar refractivity (Wildman–Crippen MR) is 70.8 cm³/mol. The maximum Gasteiger partial charge on any atom is 0.150 e. The Bertz CT molecular complexity index is 326. The van der Waals surface area contributed by atoms with Gasteiger partial charge in [0.1, 0.15) is 5.15 Å². The molecule has 4 heteroatoms. The normalized spacial score (nSPS) is 10.8. The Labute approximate surface area is 102 Å². The Kier molecular flexibility index (Phi) is 5.39. The first kappa shape index (κ1) is 13.1. The zero-order valence-electron chi connectivity index (χ0n) is 9.96. The molecular weight excluding hydrogens is 222 g/mol. The molecule has 0 aromatic carbocycles. The molecule has 0 fully saturated rings. The lowest BCUT2D eigenvalue weighted by molar-refractivity contribution is 0.544. The molecule has 0 aliphatic heterocycles. The van der Waals surface area contributed by atoms with Crippen LogP contribution in [0.2, 0.25) is 5.15 Å². The zero-order chi connectivity index (χ0) is 12.0. The summed E-state index contributed by atoms with van der Waals surface area (Å²) in [6, 6.07) is 3.46. The van der Waals surface area contributed by atoms with Crippen molar-refractivity contribution in [3.63, 3.8) is 0 Å². The van der Waals surface area contributed by atoms with Gasteiger partial charge in [0.05, 0.1) is 5.69 Å². The summed E-state index contributed by atoms with van der Waals surface area (Å²) in [6.07, 6.45) is 3.62. The minimum absolute atomic E-state index is 0.471. The van der Waals surface area contributed by atoms with Crippen LogP contribution in [-0.4, -0.2) is 11.5 Å². The lowest BCUT2D eigenvalue weighted by Crippen LogP contribution is -2.06. The van der Waals surface area contributed by atoms with Gasteiger partial charge in [0, 0.05) is 6.54 Å². The van der Waals surface area contributed by atoms with Crippen LogP contribution in [0.15, 0.2) is 12.1 Å². The second kappa shape index (κ2) is 6.59. The molecule has 1 aromatic rings. The van der Waals surface area contributed by atoms with Crippen LogP contribution in [0.5, 0.6) is 0 Å². The van der Waals surface area contributed by atoms with Gasteiger partial charge in [0.2, 0.25) is 0 Å². The van der Waals surface area contributed by atoms with E-state index in [1.165, 1.54) is 12.8 Å². The fourth-order valence-electron chi connectivity index (χ4n) is 1.47. The molecule has 0 unspecified atom stereocenters. The van der Waals surface area contributed by atoms with Crippen molar-refractivity contribution in [2.75, 3.05) is 17.6 Å². The topological polar surface area (TPSA) is 50.9 Å². The number of hydrogen-bond donors (Lipinski definition) is 2. The van der Waals surface area contributed by atoms with Crippen LogP contribution < -0.4 is 11.1 Å². The first-order valence-electron chi connectivity index (χ1n) is 5.75. The summed E-state index contributed by atoms with van der Waals surface area (Å²) in [6.45, 7) is 5.37. The van der Waals surface area contributed by atoms with Gasteiger partial charge in [0.15, 0.2) is 5.82 Å². The van der Waals surface area contributed by atoms with Gasteiger partial charge >= 0.3 is 0 Å². The molecule has 0 bridgehead atoms. The van der Waals surface area contributed by atoms with Gasteiger partial charge in [-0.3, -0.25) is 0 Å². The summed E-state index contributed by atoms with van der Waals surface area (Å²) in [7, 11) is 0. The average molecular weight is 242 g/mol. The van der Waals surface area contributed by atoms with E-state index in [1.54, 1.807) is 12.1 Å². The van der Waals surface area contributed by atoms with Crippen molar-refractivity contribution in [1.29, 1.82) is 0 Å². The maximum absolute atomic E-state index is 5.79. The van der Waals surface area contributed by atoms with Crippen LogP contribution in [-0.2, 0) is 0 Å². The van der Waals surface area contributed by atoms with Crippen LogP contribution in [0.1, 0.15) is 33.1 Å². The molecule has 0 spiro atoms. The molecule has 3 N–H and O–H groups in total. The van der Waals surface area contributed by atoms with E-state index in [-0.39, 0.29) is 0 Å². The number of aromatic nitrogens is 1. The van der Waals surface area contributed by atoms with E-state index in [0.29, 0.717) is 16.7 Å². The third-order valence-electron chi connectivity index (χ3n) is 2.39. The van der Waals surface area contributed by atoms with Crippen LogP contribution in [0.4, 0.5) is 11.5 Å². The van der Waals surface area contributed by atoms with E-state index < -0.39 is 0 Å². The van der Waals surface area contributed by atoms with Crippen LogP contribution in [0.3, 0.4) is 0 Å². The lowest BCUT2D eigenvalue weighted by Gasteiger charge is -2.09. The third-order valence-corrected chi connectivity index (χ3v) is 2.60. The minimum atomic E-state index is 0.471. The summed E-state index contributed by atoms with van der Waals surface area (Å²) in [5.41, 5.74) is 6.42. The number of nitrogens with one attached hydrogen (secondary N) is 1. The first-order chi connectivity index (χ1) is 7.59. The molecule has 1 rings (SSSR count). The third kappa shape index (κ3) is 4.71. The summed E-state index contributed by atoms with van der Waals surface area (Å²) < 4.78 is 0.